The summed E-state index contributed by atoms with van der Waals surface area (Å²) < 4.78 is 35.2. The molecule has 3 fully saturated rings. The monoisotopic (exact) mass is 545 g/mol. The minimum atomic E-state index is -3.34. The number of nitrogens with zero attached hydrogens (tertiary/aromatic N) is 4. The van der Waals surface area contributed by atoms with E-state index in [-0.39, 0.29) is 24.0 Å². The molecule has 1 aromatic heterocycles. The molecule has 5 rings (SSSR count). The highest BCUT2D eigenvalue weighted by molar-refractivity contribution is 7.88. The van der Waals surface area contributed by atoms with Crippen LogP contribution in [-0.4, -0.2) is 91.6 Å². The van der Waals surface area contributed by atoms with E-state index in [1.165, 1.54) is 23.6 Å². The number of rotatable bonds is 8. The lowest BCUT2D eigenvalue weighted by molar-refractivity contribution is -0.135. The summed E-state index contributed by atoms with van der Waals surface area (Å²) in [4.78, 5) is 17.2. The summed E-state index contributed by atoms with van der Waals surface area (Å²) in [6.45, 7) is 4.04. The van der Waals surface area contributed by atoms with E-state index in [2.05, 4.69) is 32.9 Å². The first-order valence-corrected chi connectivity index (χ1v) is 16.1. The van der Waals surface area contributed by atoms with Gasteiger partial charge in [-0.15, -0.1) is 0 Å². The molecule has 1 saturated carbocycles. The Morgan fingerprint density at radius 3 is 2.58 bits per heavy atom. The average molecular weight is 546 g/mol. The van der Waals surface area contributed by atoms with Crippen LogP contribution in [-0.2, 0) is 26.6 Å². The summed E-state index contributed by atoms with van der Waals surface area (Å²) >= 11 is 0. The van der Waals surface area contributed by atoms with Gasteiger partial charge in [0, 0.05) is 37.5 Å². The van der Waals surface area contributed by atoms with Gasteiger partial charge in [0.15, 0.2) is 0 Å². The fourth-order valence-corrected chi connectivity index (χ4v) is 7.39. The van der Waals surface area contributed by atoms with Crippen molar-refractivity contribution in [2.75, 3.05) is 45.6 Å². The van der Waals surface area contributed by atoms with Crippen LogP contribution in [0.15, 0.2) is 24.4 Å². The molecule has 210 valence electrons. The second-order valence-electron chi connectivity index (χ2n) is 11.6. The molecule has 2 atom stereocenters. The van der Waals surface area contributed by atoms with E-state index >= 15 is 0 Å². The molecule has 1 aromatic carbocycles. The summed E-state index contributed by atoms with van der Waals surface area (Å²) in [6, 6.07) is 6.46. The molecule has 2 aromatic rings. The van der Waals surface area contributed by atoms with Crippen LogP contribution >= 0.6 is 0 Å². The van der Waals surface area contributed by atoms with Crippen molar-refractivity contribution < 1.29 is 17.9 Å². The van der Waals surface area contributed by atoms with Gasteiger partial charge in [0.1, 0.15) is 0 Å². The van der Waals surface area contributed by atoms with Crippen LogP contribution in [0.25, 0.3) is 10.9 Å². The fraction of sp³-hybridized carbons (Fsp3) is 0.714. The summed E-state index contributed by atoms with van der Waals surface area (Å²) in [5.74, 6) is 0.631. The molecule has 9 nitrogen and oxygen atoms in total. The van der Waals surface area contributed by atoms with Crippen molar-refractivity contribution in [3.05, 3.63) is 30.0 Å². The molecular weight excluding hydrogens is 502 g/mol. The second kappa shape index (κ2) is 12.0. The molecule has 3 aliphatic rings. The molecule has 10 heteroatoms. The summed E-state index contributed by atoms with van der Waals surface area (Å²) in [7, 11) is -1.37. The number of aromatic nitrogens is 2. The van der Waals surface area contributed by atoms with E-state index in [0.29, 0.717) is 38.6 Å². The van der Waals surface area contributed by atoms with Crippen molar-refractivity contribution in [1.82, 2.24) is 24.3 Å². The average Bonchev–Trinajstić information content (AvgIpc) is 3.28. The van der Waals surface area contributed by atoms with Gasteiger partial charge in [0.25, 0.3) is 0 Å². The number of ether oxygens (including phenoxy) is 1. The predicted molar refractivity (Wildman–Crippen MR) is 148 cm³/mol. The highest BCUT2D eigenvalue weighted by Gasteiger charge is 2.35. The van der Waals surface area contributed by atoms with Crippen LogP contribution in [0, 0.1) is 5.92 Å². The number of aryl methyl sites for hydroxylation is 1. The number of sulfonamides is 1. The molecule has 3 heterocycles. The van der Waals surface area contributed by atoms with Crippen molar-refractivity contribution in [1.29, 1.82) is 0 Å². The molecule has 1 amide bonds. The molecule has 0 bridgehead atoms. The zero-order valence-corrected chi connectivity index (χ0v) is 23.7. The van der Waals surface area contributed by atoms with E-state index < -0.39 is 10.0 Å². The van der Waals surface area contributed by atoms with E-state index in [1.807, 2.05) is 22.8 Å². The summed E-state index contributed by atoms with van der Waals surface area (Å²) in [5, 5.41) is 5.55. The maximum atomic E-state index is 13.1. The lowest BCUT2D eigenvalue weighted by Gasteiger charge is -2.40. The Balaban J connectivity index is 1.15. The number of nitrogens with one attached hydrogen (secondary N) is 1. The van der Waals surface area contributed by atoms with Gasteiger partial charge in [-0.1, -0.05) is 12.5 Å². The van der Waals surface area contributed by atoms with E-state index in [9.17, 15) is 13.2 Å². The Hall–Kier alpha value is -2.01. The molecule has 0 spiro atoms. The highest BCUT2D eigenvalue weighted by atomic mass is 32.2. The van der Waals surface area contributed by atoms with E-state index in [1.54, 1.807) is 0 Å². The first kappa shape index (κ1) is 27.6. The number of fused-ring (bicyclic) bond motifs is 1. The Labute approximate surface area is 226 Å². The van der Waals surface area contributed by atoms with Crippen LogP contribution in [0.4, 0.5) is 0 Å². The van der Waals surface area contributed by atoms with Crippen molar-refractivity contribution in [2.24, 2.45) is 13.0 Å². The van der Waals surface area contributed by atoms with Gasteiger partial charge in [-0.2, -0.15) is 5.10 Å². The van der Waals surface area contributed by atoms with Crippen molar-refractivity contribution >= 4 is 26.8 Å². The lowest BCUT2D eigenvalue weighted by Crippen LogP contribution is -2.55. The lowest BCUT2D eigenvalue weighted by atomic mass is 9.82. The minimum Gasteiger partial charge on any atom is -0.378 e. The molecular formula is C28H43N5O4S. The van der Waals surface area contributed by atoms with Crippen LogP contribution in [0.5, 0.6) is 0 Å². The standard InChI is InChI=1S/C28H43N5O4S/c1-31-27-11-8-22(16-23(27)17-29-31)21-6-9-25(10-7-21)37-20-24-18-33(15-12-26(24)30-38(2,35)36)28(34)19-32-13-4-3-5-14-32/h8,11,16-17,21,24-26,30H,3-7,9-10,12-15,18-20H2,1-2H3. The number of benzene rings is 1. The van der Waals surface area contributed by atoms with Crippen molar-refractivity contribution in [3.63, 3.8) is 0 Å². The van der Waals surface area contributed by atoms with E-state index in [0.717, 1.165) is 57.1 Å². The number of piperidine rings is 2. The summed E-state index contributed by atoms with van der Waals surface area (Å²) in [5.41, 5.74) is 2.52. The Kier molecular flexibility index (Phi) is 8.72. The Morgan fingerprint density at radius 1 is 1.08 bits per heavy atom. The van der Waals surface area contributed by atoms with Gasteiger partial charge in [0.2, 0.25) is 15.9 Å². The zero-order chi connectivity index (χ0) is 26.7. The van der Waals surface area contributed by atoms with Gasteiger partial charge in [-0.25, -0.2) is 13.1 Å². The largest absolute Gasteiger partial charge is 0.378 e. The maximum Gasteiger partial charge on any atom is 0.236 e. The van der Waals surface area contributed by atoms with Crippen molar-refractivity contribution in [2.45, 2.75) is 69.4 Å². The van der Waals surface area contributed by atoms with Gasteiger partial charge in [0.05, 0.1) is 37.2 Å². The number of hydrogen-bond donors (Lipinski definition) is 1. The first-order chi connectivity index (χ1) is 18.2. The Bertz CT molecular complexity index is 1200. The van der Waals surface area contributed by atoms with Crippen molar-refractivity contribution in [3.8, 4) is 0 Å². The smallest absolute Gasteiger partial charge is 0.236 e. The normalized spacial score (nSPS) is 27.6. The predicted octanol–water partition coefficient (Wildman–Crippen LogP) is 2.87. The van der Waals surface area contributed by atoms with Gasteiger partial charge < -0.3 is 9.64 Å². The highest BCUT2D eigenvalue weighted by Crippen LogP contribution is 2.35. The molecule has 1 N–H and O–H groups in total. The zero-order valence-electron chi connectivity index (χ0n) is 22.8. The topological polar surface area (TPSA) is 96.8 Å². The number of carbonyl (C=O) groups is 1. The molecule has 0 radical (unpaired) electrons. The third kappa shape index (κ3) is 6.94. The quantitative estimate of drug-likeness (QED) is 0.548. The Morgan fingerprint density at radius 2 is 1.84 bits per heavy atom. The number of likely N-dealkylation sites (tertiary alicyclic amines) is 2. The maximum absolute atomic E-state index is 13.1. The minimum absolute atomic E-state index is 0.0468. The molecule has 2 aliphatic heterocycles. The van der Waals surface area contributed by atoms with Gasteiger partial charge >= 0.3 is 0 Å². The van der Waals surface area contributed by atoms with Crippen LogP contribution in [0.3, 0.4) is 0 Å². The number of amides is 1. The third-order valence-corrected chi connectivity index (χ3v) is 9.45. The van der Waals surface area contributed by atoms with Crippen LogP contribution in [0.2, 0.25) is 0 Å². The van der Waals surface area contributed by atoms with Crippen LogP contribution < -0.4 is 4.72 Å². The first-order valence-electron chi connectivity index (χ1n) is 14.3. The van der Waals surface area contributed by atoms with Gasteiger partial charge in [-0.3, -0.25) is 14.4 Å². The number of hydrogen-bond acceptors (Lipinski definition) is 6. The molecule has 2 saturated heterocycles. The summed E-state index contributed by atoms with van der Waals surface area (Å²) in [6.07, 6.45) is 11.6. The fourth-order valence-electron chi connectivity index (χ4n) is 6.53. The molecule has 38 heavy (non-hydrogen) atoms. The molecule has 2 unspecified atom stereocenters. The van der Waals surface area contributed by atoms with Gasteiger partial charge in [-0.05, 0) is 81.6 Å². The SMILES string of the molecule is Cn1ncc2cc(C3CCC(OCC4CN(C(=O)CN5CCCCC5)CCC4NS(C)(=O)=O)CC3)ccc21. The number of carbonyl (C=O) groups excluding carboxylic acids is 1. The van der Waals surface area contributed by atoms with Crippen LogP contribution in [0.1, 0.15) is 62.8 Å². The second-order valence-corrected chi connectivity index (χ2v) is 13.4. The third-order valence-electron chi connectivity index (χ3n) is 8.72. The van der Waals surface area contributed by atoms with E-state index in [4.69, 9.17) is 4.74 Å². The molecule has 1 aliphatic carbocycles.